The second kappa shape index (κ2) is 7.85. The van der Waals surface area contributed by atoms with E-state index in [0.717, 1.165) is 57.9 Å². The molecule has 0 unspecified atom stereocenters. The number of hydrogen-bond acceptors (Lipinski definition) is 3. The second-order valence-electron chi connectivity index (χ2n) is 8.22. The Labute approximate surface area is 162 Å². The van der Waals surface area contributed by atoms with Gasteiger partial charge in [-0.25, -0.2) is 4.98 Å². The summed E-state index contributed by atoms with van der Waals surface area (Å²) < 4.78 is 2.17. The molecule has 0 bridgehead atoms. The molecule has 1 saturated heterocycles. The van der Waals surface area contributed by atoms with Crippen LogP contribution in [0.5, 0.6) is 0 Å². The zero-order valence-corrected chi connectivity index (χ0v) is 16.5. The van der Waals surface area contributed by atoms with Gasteiger partial charge in [-0.05, 0) is 23.5 Å². The highest BCUT2D eigenvalue weighted by Gasteiger charge is 2.30. The van der Waals surface area contributed by atoms with Crippen LogP contribution in [0, 0.1) is 5.92 Å². The molecule has 1 fully saturated rings. The molecule has 0 N–H and O–H groups in total. The largest absolute Gasteiger partial charge is 0.340 e. The molecular formula is C22H30N4O. The fourth-order valence-corrected chi connectivity index (χ4v) is 4.21. The number of aryl methyl sites for hydroxylation is 1. The minimum Gasteiger partial charge on any atom is -0.340 e. The average Bonchev–Trinajstić information content (AvgIpc) is 3.16. The Morgan fingerprint density at radius 3 is 2.56 bits per heavy atom. The van der Waals surface area contributed by atoms with Gasteiger partial charge in [-0.2, -0.15) is 0 Å². The topological polar surface area (TPSA) is 41.4 Å². The van der Waals surface area contributed by atoms with Crippen LogP contribution >= 0.6 is 0 Å². The van der Waals surface area contributed by atoms with Gasteiger partial charge in [0, 0.05) is 64.0 Å². The van der Waals surface area contributed by atoms with E-state index >= 15 is 0 Å². The van der Waals surface area contributed by atoms with E-state index in [2.05, 4.69) is 57.5 Å². The van der Waals surface area contributed by atoms with E-state index in [1.165, 1.54) is 11.1 Å². The van der Waals surface area contributed by atoms with Gasteiger partial charge in [-0.15, -0.1) is 0 Å². The normalized spacial score (nSPS) is 20.7. The smallest absolute Gasteiger partial charge is 0.226 e. The number of hydrogen-bond donors (Lipinski definition) is 0. The van der Waals surface area contributed by atoms with Crippen LogP contribution in [0.2, 0.25) is 0 Å². The Balaban J connectivity index is 1.28. The van der Waals surface area contributed by atoms with Crippen LogP contribution in [0.4, 0.5) is 0 Å². The number of imidazole rings is 1. The maximum Gasteiger partial charge on any atom is 0.226 e. The lowest BCUT2D eigenvalue weighted by Gasteiger charge is -2.37. The lowest BCUT2D eigenvalue weighted by atomic mass is 9.96. The highest BCUT2D eigenvalue weighted by Crippen LogP contribution is 2.22. The number of piperazine rings is 1. The fraction of sp³-hybridized carbons (Fsp3) is 0.545. The fourth-order valence-electron chi connectivity index (χ4n) is 4.21. The third-order valence-electron chi connectivity index (χ3n) is 6.03. The third kappa shape index (κ3) is 4.08. The van der Waals surface area contributed by atoms with E-state index in [4.69, 9.17) is 0 Å². The molecular weight excluding hydrogens is 336 g/mol. The molecule has 0 aliphatic carbocycles. The molecule has 1 atom stereocenters. The summed E-state index contributed by atoms with van der Waals surface area (Å²) in [5, 5.41) is 0. The SMILES string of the molecule is CC(C)c1ccc(CN2CCN(C(=O)[C@@H]3CCn4ccnc4C3)CC2)cc1. The van der Waals surface area contributed by atoms with E-state index in [-0.39, 0.29) is 5.92 Å². The Bertz CT molecular complexity index is 772. The van der Waals surface area contributed by atoms with E-state index in [0.29, 0.717) is 11.8 Å². The van der Waals surface area contributed by atoms with Crippen molar-refractivity contribution < 1.29 is 4.79 Å². The minimum absolute atomic E-state index is 0.107. The van der Waals surface area contributed by atoms with E-state index < -0.39 is 0 Å². The molecule has 5 heteroatoms. The quantitative estimate of drug-likeness (QED) is 0.835. The van der Waals surface area contributed by atoms with Crippen LogP contribution in [0.1, 0.15) is 43.1 Å². The summed E-state index contributed by atoms with van der Waals surface area (Å²) in [6, 6.07) is 8.98. The van der Waals surface area contributed by atoms with Crippen LogP contribution < -0.4 is 0 Å². The number of aromatic nitrogens is 2. The molecule has 2 aliphatic heterocycles. The van der Waals surface area contributed by atoms with Crippen LogP contribution in [0.15, 0.2) is 36.7 Å². The molecule has 2 aromatic rings. The van der Waals surface area contributed by atoms with Crippen LogP contribution in [0.25, 0.3) is 0 Å². The summed E-state index contributed by atoms with van der Waals surface area (Å²) in [7, 11) is 0. The first-order chi connectivity index (χ1) is 13.1. The van der Waals surface area contributed by atoms with Gasteiger partial charge in [-0.3, -0.25) is 9.69 Å². The van der Waals surface area contributed by atoms with Crippen molar-refractivity contribution in [2.75, 3.05) is 26.2 Å². The lowest BCUT2D eigenvalue weighted by molar-refractivity contribution is -0.138. The predicted octanol–water partition coefficient (Wildman–Crippen LogP) is 2.91. The maximum absolute atomic E-state index is 12.9. The number of nitrogens with zero attached hydrogens (tertiary/aromatic N) is 4. The monoisotopic (exact) mass is 366 g/mol. The number of rotatable bonds is 4. The summed E-state index contributed by atoms with van der Waals surface area (Å²) in [4.78, 5) is 21.8. The molecule has 4 rings (SSSR count). The summed E-state index contributed by atoms with van der Waals surface area (Å²) >= 11 is 0. The predicted molar refractivity (Wildman–Crippen MR) is 106 cm³/mol. The van der Waals surface area contributed by atoms with E-state index in [9.17, 15) is 4.79 Å². The van der Waals surface area contributed by atoms with Gasteiger partial charge in [0.15, 0.2) is 0 Å². The van der Waals surface area contributed by atoms with Gasteiger partial charge < -0.3 is 9.47 Å². The van der Waals surface area contributed by atoms with E-state index in [1.807, 2.05) is 12.4 Å². The summed E-state index contributed by atoms with van der Waals surface area (Å²) in [6.07, 6.45) is 5.58. The Kier molecular flexibility index (Phi) is 5.30. The van der Waals surface area contributed by atoms with Crippen molar-refractivity contribution in [3.63, 3.8) is 0 Å². The van der Waals surface area contributed by atoms with Crippen molar-refractivity contribution in [2.45, 2.75) is 45.7 Å². The first-order valence-corrected chi connectivity index (χ1v) is 10.2. The Hall–Kier alpha value is -2.14. The van der Waals surface area contributed by atoms with Gasteiger partial charge in [0.1, 0.15) is 5.82 Å². The molecule has 5 nitrogen and oxygen atoms in total. The van der Waals surface area contributed by atoms with Crippen LogP contribution in [-0.4, -0.2) is 51.4 Å². The van der Waals surface area contributed by atoms with Gasteiger partial charge >= 0.3 is 0 Å². The molecule has 27 heavy (non-hydrogen) atoms. The first-order valence-electron chi connectivity index (χ1n) is 10.2. The first kappa shape index (κ1) is 18.2. The number of fused-ring (bicyclic) bond motifs is 1. The summed E-state index contributed by atoms with van der Waals surface area (Å²) in [5.41, 5.74) is 2.75. The number of carbonyl (C=O) groups excluding carboxylic acids is 1. The summed E-state index contributed by atoms with van der Waals surface area (Å²) in [5.74, 6) is 2.06. The van der Waals surface area contributed by atoms with Gasteiger partial charge in [0.05, 0.1) is 0 Å². The zero-order valence-electron chi connectivity index (χ0n) is 16.5. The molecule has 1 aromatic heterocycles. The van der Waals surface area contributed by atoms with Crippen LogP contribution in [0.3, 0.4) is 0 Å². The van der Waals surface area contributed by atoms with Gasteiger partial charge in [0.25, 0.3) is 0 Å². The molecule has 0 saturated carbocycles. The van der Waals surface area contributed by atoms with Crippen molar-refractivity contribution in [3.8, 4) is 0 Å². The number of amides is 1. The summed E-state index contributed by atoms with van der Waals surface area (Å²) in [6.45, 7) is 9.94. The third-order valence-corrected chi connectivity index (χ3v) is 6.03. The highest BCUT2D eigenvalue weighted by atomic mass is 16.2. The Morgan fingerprint density at radius 2 is 1.85 bits per heavy atom. The molecule has 1 amide bonds. The Morgan fingerprint density at radius 1 is 1.11 bits per heavy atom. The maximum atomic E-state index is 12.9. The average molecular weight is 367 g/mol. The second-order valence-corrected chi connectivity index (χ2v) is 8.22. The molecule has 1 aromatic carbocycles. The highest BCUT2D eigenvalue weighted by molar-refractivity contribution is 5.79. The standard InChI is InChI=1S/C22H30N4O/c1-17(2)19-5-3-18(4-6-19)16-24-11-13-26(14-12-24)22(27)20-7-9-25-10-8-23-21(25)15-20/h3-6,8,10,17,20H,7,9,11-16H2,1-2H3/t20-/m1/s1. The molecule has 2 aliphatic rings. The van der Waals surface area contributed by atoms with Gasteiger partial charge in [-0.1, -0.05) is 38.1 Å². The number of carbonyl (C=O) groups is 1. The van der Waals surface area contributed by atoms with Crippen molar-refractivity contribution >= 4 is 5.91 Å². The molecule has 0 radical (unpaired) electrons. The van der Waals surface area contributed by atoms with Gasteiger partial charge in [0.2, 0.25) is 5.91 Å². The number of benzene rings is 1. The molecule has 144 valence electrons. The zero-order chi connectivity index (χ0) is 18.8. The van der Waals surface area contributed by atoms with Crippen molar-refractivity contribution in [3.05, 3.63) is 53.6 Å². The minimum atomic E-state index is 0.107. The van der Waals surface area contributed by atoms with Crippen LogP contribution in [-0.2, 0) is 24.3 Å². The lowest BCUT2D eigenvalue weighted by Crippen LogP contribution is -2.50. The molecule has 0 spiro atoms. The molecule has 3 heterocycles. The van der Waals surface area contributed by atoms with E-state index in [1.54, 1.807) is 0 Å². The van der Waals surface area contributed by atoms with Crippen molar-refractivity contribution in [1.82, 2.24) is 19.4 Å². The van der Waals surface area contributed by atoms with Crippen molar-refractivity contribution in [2.24, 2.45) is 5.92 Å². The van der Waals surface area contributed by atoms with Crippen molar-refractivity contribution in [1.29, 1.82) is 0 Å².